The highest BCUT2D eigenvalue weighted by molar-refractivity contribution is 5.96. The molecule has 0 aliphatic carbocycles. The van der Waals surface area contributed by atoms with E-state index in [-0.39, 0.29) is 18.0 Å². The first kappa shape index (κ1) is 19.8. The van der Waals surface area contributed by atoms with E-state index in [0.717, 1.165) is 4.68 Å². The highest BCUT2D eigenvalue weighted by atomic mass is 19.4. The standard InChI is InChI=1S/C18H17F3N4O3/c1-24(28-3)17(26)15-13(10-27-2)23-25(16(15)18(19,20)21)14-8-9-22-12-7-5-4-6-11(12)14/h4-9H,10H2,1-3H3. The monoisotopic (exact) mass is 394 g/mol. The molecule has 0 fully saturated rings. The molecule has 0 unspecified atom stereocenters. The second kappa shape index (κ2) is 7.56. The van der Waals surface area contributed by atoms with Crippen molar-refractivity contribution in [3.63, 3.8) is 0 Å². The van der Waals surface area contributed by atoms with Crippen LogP contribution in [0.2, 0.25) is 0 Å². The van der Waals surface area contributed by atoms with Crippen molar-refractivity contribution in [1.29, 1.82) is 0 Å². The topological polar surface area (TPSA) is 69.5 Å². The lowest BCUT2D eigenvalue weighted by molar-refractivity contribution is -0.143. The summed E-state index contributed by atoms with van der Waals surface area (Å²) in [5.74, 6) is -0.980. The number of aromatic nitrogens is 3. The van der Waals surface area contributed by atoms with Crippen molar-refractivity contribution in [2.24, 2.45) is 0 Å². The van der Waals surface area contributed by atoms with Crippen molar-refractivity contribution in [2.45, 2.75) is 12.8 Å². The van der Waals surface area contributed by atoms with Gasteiger partial charge in [-0.3, -0.25) is 14.6 Å². The average Bonchev–Trinajstić information content (AvgIpc) is 3.06. The SMILES string of the molecule is COCc1nn(-c2ccnc3ccccc23)c(C(F)(F)F)c1C(=O)N(C)OC. The van der Waals surface area contributed by atoms with Crippen molar-refractivity contribution in [1.82, 2.24) is 19.8 Å². The molecule has 0 saturated carbocycles. The van der Waals surface area contributed by atoms with Crippen LogP contribution in [0.4, 0.5) is 13.2 Å². The Kier molecular flexibility index (Phi) is 5.34. The lowest BCUT2D eigenvalue weighted by Crippen LogP contribution is -2.29. The average molecular weight is 394 g/mol. The van der Waals surface area contributed by atoms with Crippen LogP contribution in [0.15, 0.2) is 36.5 Å². The van der Waals surface area contributed by atoms with Gasteiger partial charge in [-0.1, -0.05) is 18.2 Å². The number of hydrogen-bond acceptors (Lipinski definition) is 5. The summed E-state index contributed by atoms with van der Waals surface area (Å²) in [4.78, 5) is 21.6. The summed E-state index contributed by atoms with van der Waals surface area (Å²) < 4.78 is 47.8. The maximum atomic E-state index is 14.0. The lowest BCUT2D eigenvalue weighted by atomic mass is 10.1. The third kappa shape index (κ3) is 3.43. The van der Waals surface area contributed by atoms with Gasteiger partial charge in [0.25, 0.3) is 5.91 Å². The number of benzene rings is 1. The molecule has 0 saturated heterocycles. The minimum Gasteiger partial charge on any atom is -0.378 e. The van der Waals surface area contributed by atoms with E-state index in [9.17, 15) is 18.0 Å². The van der Waals surface area contributed by atoms with Crippen molar-refractivity contribution in [3.05, 3.63) is 53.5 Å². The van der Waals surface area contributed by atoms with Gasteiger partial charge >= 0.3 is 6.18 Å². The van der Waals surface area contributed by atoms with Gasteiger partial charge in [0.1, 0.15) is 5.69 Å². The van der Waals surface area contributed by atoms with E-state index in [0.29, 0.717) is 16.0 Å². The Hall–Kier alpha value is -2.98. The number of fused-ring (bicyclic) bond motifs is 1. The molecule has 1 amide bonds. The molecule has 10 heteroatoms. The number of halogens is 3. The maximum Gasteiger partial charge on any atom is 0.434 e. The van der Waals surface area contributed by atoms with Crippen LogP contribution in [-0.2, 0) is 22.4 Å². The molecule has 3 rings (SSSR count). The summed E-state index contributed by atoms with van der Waals surface area (Å²) in [6, 6.07) is 8.14. The molecule has 3 aromatic rings. The van der Waals surface area contributed by atoms with E-state index in [1.54, 1.807) is 24.3 Å². The lowest BCUT2D eigenvalue weighted by Gasteiger charge is -2.17. The molecule has 28 heavy (non-hydrogen) atoms. The molecule has 0 spiro atoms. The third-order valence-electron chi connectivity index (χ3n) is 4.14. The molecule has 0 radical (unpaired) electrons. The van der Waals surface area contributed by atoms with E-state index in [1.807, 2.05) is 0 Å². The van der Waals surface area contributed by atoms with Gasteiger partial charge in [-0.05, 0) is 12.1 Å². The van der Waals surface area contributed by atoms with Crippen molar-refractivity contribution in [3.8, 4) is 5.69 Å². The van der Waals surface area contributed by atoms with Crippen LogP contribution < -0.4 is 0 Å². The number of ether oxygens (including phenoxy) is 1. The molecular weight excluding hydrogens is 377 g/mol. The molecule has 1 aromatic carbocycles. The van der Waals surface area contributed by atoms with E-state index in [4.69, 9.17) is 9.57 Å². The highest BCUT2D eigenvalue weighted by Gasteiger charge is 2.43. The molecule has 0 bridgehead atoms. The van der Waals surface area contributed by atoms with E-state index in [2.05, 4.69) is 10.1 Å². The van der Waals surface area contributed by atoms with Crippen LogP contribution in [-0.4, -0.2) is 47.0 Å². The first-order chi connectivity index (χ1) is 13.3. The molecule has 2 heterocycles. The van der Waals surface area contributed by atoms with Crippen LogP contribution >= 0.6 is 0 Å². The zero-order valence-corrected chi connectivity index (χ0v) is 15.3. The van der Waals surface area contributed by atoms with E-state index in [1.165, 1.54) is 33.5 Å². The summed E-state index contributed by atoms with van der Waals surface area (Å²) in [6.45, 7) is -0.280. The number of pyridine rings is 1. The summed E-state index contributed by atoms with van der Waals surface area (Å²) in [5.41, 5.74) is -1.33. The fraction of sp³-hybridized carbons (Fsp3) is 0.278. The molecular formula is C18H17F3N4O3. The van der Waals surface area contributed by atoms with Gasteiger partial charge in [-0.2, -0.15) is 18.3 Å². The van der Waals surface area contributed by atoms with Crippen LogP contribution in [0.3, 0.4) is 0 Å². The van der Waals surface area contributed by atoms with E-state index >= 15 is 0 Å². The van der Waals surface area contributed by atoms with Gasteiger partial charge in [0.05, 0.1) is 30.5 Å². The summed E-state index contributed by atoms with van der Waals surface area (Å²) in [5, 5.41) is 5.23. The smallest absolute Gasteiger partial charge is 0.378 e. The Labute approximate surface area is 158 Å². The van der Waals surface area contributed by atoms with Crippen LogP contribution in [0.25, 0.3) is 16.6 Å². The molecule has 7 nitrogen and oxygen atoms in total. The molecule has 148 valence electrons. The Balaban J connectivity index is 2.37. The Morgan fingerprint density at radius 2 is 1.93 bits per heavy atom. The van der Waals surface area contributed by atoms with Crippen molar-refractivity contribution in [2.75, 3.05) is 21.3 Å². The molecule has 0 N–H and O–H groups in total. The second-order valence-corrected chi connectivity index (χ2v) is 5.85. The summed E-state index contributed by atoms with van der Waals surface area (Å²) >= 11 is 0. The zero-order chi connectivity index (χ0) is 20.5. The first-order valence-electron chi connectivity index (χ1n) is 8.14. The quantitative estimate of drug-likeness (QED) is 0.622. The highest BCUT2D eigenvalue weighted by Crippen LogP contribution is 2.37. The minimum absolute atomic E-state index is 0.148. The molecule has 0 aliphatic heterocycles. The van der Waals surface area contributed by atoms with Gasteiger partial charge in [0.2, 0.25) is 0 Å². The van der Waals surface area contributed by atoms with Gasteiger partial charge in [0.15, 0.2) is 5.69 Å². The van der Waals surface area contributed by atoms with Crippen LogP contribution in [0.5, 0.6) is 0 Å². The first-order valence-corrected chi connectivity index (χ1v) is 8.14. The normalized spacial score (nSPS) is 11.8. The van der Waals surface area contributed by atoms with Crippen molar-refractivity contribution < 1.29 is 27.5 Å². The third-order valence-corrected chi connectivity index (χ3v) is 4.14. The molecule has 0 aliphatic rings. The predicted octanol–water partition coefficient (Wildman–Crippen LogP) is 3.22. The number of hydroxylamine groups is 2. The van der Waals surface area contributed by atoms with Gasteiger partial charge in [-0.25, -0.2) is 9.75 Å². The Morgan fingerprint density at radius 3 is 2.57 bits per heavy atom. The number of para-hydroxylation sites is 1. The number of nitrogens with zero attached hydrogens (tertiary/aromatic N) is 4. The second-order valence-electron chi connectivity index (χ2n) is 5.85. The minimum atomic E-state index is -4.86. The van der Waals surface area contributed by atoms with Gasteiger partial charge in [-0.15, -0.1) is 0 Å². The number of carbonyl (C=O) groups is 1. The predicted molar refractivity (Wildman–Crippen MR) is 93.7 cm³/mol. The van der Waals surface area contributed by atoms with E-state index < -0.39 is 23.3 Å². The largest absolute Gasteiger partial charge is 0.434 e. The van der Waals surface area contributed by atoms with Crippen LogP contribution in [0, 0.1) is 0 Å². The van der Waals surface area contributed by atoms with Gasteiger partial charge < -0.3 is 4.74 Å². The Morgan fingerprint density at radius 1 is 1.21 bits per heavy atom. The summed E-state index contributed by atoms with van der Waals surface area (Å²) in [6.07, 6.45) is -3.47. The molecule has 0 atom stereocenters. The fourth-order valence-electron chi connectivity index (χ4n) is 2.87. The number of hydrogen-bond donors (Lipinski definition) is 0. The van der Waals surface area contributed by atoms with Crippen LogP contribution in [0.1, 0.15) is 21.7 Å². The number of rotatable bonds is 5. The van der Waals surface area contributed by atoms with Gasteiger partial charge in [0, 0.05) is 25.7 Å². The van der Waals surface area contributed by atoms with Crippen molar-refractivity contribution >= 4 is 16.8 Å². The summed E-state index contributed by atoms with van der Waals surface area (Å²) in [7, 11) is 3.71. The number of alkyl halides is 3. The number of carbonyl (C=O) groups excluding carboxylic acids is 1. The Bertz CT molecular complexity index is 1010. The fourth-order valence-corrected chi connectivity index (χ4v) is 2.87. The maximum absolute atomic E-state index is 14.0. The molecule has 2 aromatic heterocycles. The number of amides is 1. The number of methoxy groups -OCH3 is 1. The zero-order valence-electron chi connectivity index (χ0n) is 15.3.